The number of carbonyl (C=O) groups excluding carboxylic acids is 2. The summed E-state index contributed by atoms with van der Waals surface area (Å²) in [6.45, 7) is 5.91. The fourth-order valence-corrected chi connectivity index (χ4v) is 4.60. The zero-order valence-electron chi connectivity index (χ0n) is 11.8. The molecule has 0 N–H and O–H groups in total. The van der Waals surface area contributed by atoms with Gasteiger partial charge in [-0.05, 0) is 12.8 Å². The highest BCUT2D eigenvalue weighted by atomic mass is 35.5. The Hall–Kier alpha value is -0.130. The molecule has 20 heavy (non-hydrogen) atoms. The van der Waals surface area contributed by atoms with Crippen LogP contribution in [-0.2, 0) is 9.59 Å². The van der Waals surface area contributed by atoms with Crippen LogP contribution in [0.3, 0.4) is 0 Å². The van der Waals surface area contributed by atoms with Gasteiger partial charge in [-0.25, -0.2) is 0 Å². The van der Waals surface area contributed by atoms with Gasteiger partial charge in [-0.15, -0.1) is 11.8 Å². The predicted octanol–water partition coefficient (Wildman–Crippen LogP) is 2.34. The average Bonchev–Trinajstić information content (AvgIpc) is 2.81. The summed E-state index contributed by atoms with van der Waals surface area (Å²) in [5.74, 6) is 0.968. The lowest BCUT2D eigenvalue weighted by molar-refractivity contribution is -0.139. The van der Waals surface area contributed by atoms with Gasteiger partial charge < -0.3 is 9.80 Å². The van der Waals surface area contributed by atoms with Crippen molar-refractivity contribution in [1.29, 1.82) is 0 Å². The number of nitrogens with zero attached hydrogens (tertiary/aromatic N) is 2. The van der Waals surface area contributed by atoms with Crippen molar-refractivity contribution in [1.82, 2.24) is 9.80 Å². The summed E-state index contributed by atoms with van der Waals surface area (Å²) in [4.78, 5) is 26.7. The molecule has 2 aliphatic rings. The molecule has 2 rings (SSSR count). The number of piperidine rings is 1. The van der Waals surface area contributed by atoms with Crippen LogP contribution in [0.1, 0.15) is 26.7 Å². The molecule has 1 spiro atoms. The molecule has 0 aliphatic carbocycles. The molecule has 2 heterocycles. The van der Waals surface area contributed by atoms with E-state index >= 15 is 0 Å². The van der Waals surface area contributed by atoms with Crippen LogP contribution in [0.2, 0.25) is 0 Å². The smallest absolute Gasteiger partial charge is 0.255 e. The van der Waals surface area contributed by atoms with Gasteiger partial charge in [0, 0.05) is 31.3 Å². The highest BCUT2D eigenvalue weighted by molar-refractivity contribution is 8.00. The van der Waals surface area contributed by atoms with E-state index in [1.54, 1.807) is 4.90 Å². The normalized spacial score (nSPS) is 22.1. The van der Waals surface area contributed by atoms with Gasteiger partial charge in [0.1, 0.15) is 0 Å². The van der Waals surface area contributed by atoms with Crippen molar-refractivity contribution in [2.24, 2.45) is 5.92 Å². The van der Waals surface area contributed by atoms with Crippen molar-refractivity contribution < 1.29 is 9.59 Å². The third kappa shape index (κ3) is 3.04. The highest BCUT2D eigenvalue weighted by Gasteiger charge is 2.47. The number of likely N-dealkylation sites (tertiary alicyclic amines) is 1. The van der Waals surface area contributed by atoms with Gasteiger partial charge >= 0.3 is 0 Å². The largest absolute Gasteiger partial charge is 0.340 e. The number of rotatable bonds is 2. The summed E-state index contributed by atoms with van der Waals surface area (Å²) in [6.07, 6.45) is 1.59. The van der Waals surface area contributed by atoms with E-state index in [4.69, 9.17) is 23.2 Å². The van der Waals surface area contributed by atoms with Crippen LogP contribution in [-0.4, -0.2) is 56.7 Å². The second kappa shape index (κ2) is 6.32. The van der Waals surface area contributed by atoms with E-state index in [2.05, 4.69) is 0 Å². The SMILES string of the molecule is CC(C)C(=O)N1CCSC12CCN(C(=O)C(Cl)Cl)CC2. The Bertz CT molecular complexity index is 396. The van der Waals surface area contributed by atoms with Gasteiger partial charge in [-0.1, -0.05) is 37.0 Å². The summed E-state index contributed by atoms with van der Waals surface area (Å²) in [7, 11) is 0. The monoisotopic (exact) mass is 338 g/mol. The van der Waals surface area contributed by atoms with Crippen LogP contribution in [0, 0.1) is 5.92 Å². The molecule has 0 aromatic heterocycles. The van der Waals surface area contributed by atoms with E-state index in [1.807, 2.05) is 30.5 Å². The molecule has 7 heteroatoms. The minimum atomic E-state index is -0.992. The Labute approximate surface area is 134 Å². The van der Waals surface area contributed by atoms with Crippen LogP contribution < -0.4 is 0 Å². The summed E-state index contributed by atoms with van der Waals surface area (Å²) in [5.41, 5.74) is 0. The topological polar surface area (TPSA) is 40.6 Å². The van der Waals surface area contributed by atoms with Gasteiger partial charge in [-0.2, -0.15) is 0 Å². The van der Waals surface area contributed by atoms with E-state index in [-0.39, 0.29) is 22.6 Å². The number of carbonyl (C=O) groups is 2. The van der Waals surface area contributed by atoms with E-state index < -0.39 is 4.84 Å². The predicted molar refractivity (Wildman–Crippen MR) is 83.0 cm³/mol. The van der Waals surface area contributed by atoms with Gasteiger partial charge in [0.25, 0.3) is 5.91 Å². The standard InChI is InChI=1S/C13H20Cl2N2O2S/c1-9(2)11(18)17-7-8-20-13(17)3-5-16(6-4-13)12(19)10(14)15/h9-10H,3-8H2,1-2H3. The van der Waals surface area contributed by atoms with Crippen molar-refractivity contribution in [3.05, 3.63) is 0 Å². The molecule has 2 fully saturated rings. The molecule has 114 valence electrons. The number of alkyl halides is 2. The molecule has 0 saturated carbocycles. The quantitative estimate of drug-likeness (QED) is 0.725. The first-order valence-corrected chi connectivity index (χ1v) is 8.75. The Morgan fingerprint density at radius 3 is 2.20 bits per heavy atom. The number of thioether (sulfide) groups is 1. The molecular weight excluding hydrogens is 319 g/mol. The van der Waals surface area contributed by atoms with E-state index in [1.165, 1.54) is 0 Å². The Morgan fingerprint density at radius 1 is 1.10 bits per heavy atom. The minimum absolute atomic E-state index is 0.0142. The van der Waals surface area contributed by atoms with Gasteiger partial charge in [0.2, 0.25) is 5.91 Å². The molecule has 2 amide bonds. The minimum Gasteiger partial charge on any atom is -0.340 e. The maximum atomic E-state index is 12.3. The lowest BCUT2D eigenvalue weighted by atomic mass is 10.0. The number of halogens is 2. The second-order valence-electron chi connectivity index (χ2n) is 5.57. The highest BCUT2D eigenvalue weighted by Crippen LogP contribution is 2.44. The first-order chi connectivity index (χ1) is 9.37. The van der Waals surface area contributed by atoms with E-state index in [9.17, 15) is 9.59 Å². The third-order valence-corrected chi connectivity index (χ3v) is 5.91. The van der Waals surface area contributed by atoms with Crippen molar-refractivity contribution in [2.75, 3.05) is 25.4 Å². The first-order valence-electron chi connectivity index (χ1n) is 6.90. The zero-order chi connectivity index (χ0) is 14.9. The number of amides is 2. The van der Waals surface area contributed by atoms with Crippen LogP contribution in [0.4, 0.5) is 0 Å². The molecule has 2 saturated heterocycles. The number of hydrogen-bond donors (Lipinski definition) is 0. The third-order valence-electron chi connectivity index (χ3n) is 3.98. The molecule has 0 atom stereocenters. The molecule has 0 aromatic rings. The molecule has 0 bridgehead atoms. The molecule has 0 aromatic carbocycles. The maximum Gasteiger partial charge on any atom is 0.255 e. The van der Waals surface area contributed by atoms with Crippen LogP contribution in [0.5, 0.6) is 0 Å². The maximum absolute atomic E-state index is 12.3. The Balaban J connectivity index is 2.04. The van der Waals surface area contributed by atoms with E-state index in [0.29, 0.717) is 13.1 Å². The van der Waals surface area contributed by atoms with Crippen molar-refractivity contribution in [2.45, 2.75) is 36.4 Å². The summed E-state index contributed by atoms with van der Waals surface area (Å²) in [6, 6.07) is 0. The Kier molecular flexibility index (Phi) is 5.14. The van der Waals surface area contributed by atoms with E-state index in [0.717, 1.165) is 25.1 Å². The lowest BCUT2D eigenvalue weighted by Crippen LogP contribution is -2.55. The molecule has 4 nitrogen and oxygen atoms in total. The van der Waals surface area contributed by atoms with Crippen molar-refractivity contribution in [3.63, 3.8) is 0 Å². The zero-order valence-corrected chi connectivity index (χ0v) is 14.1. The van der Waals surface area contributed by atoms with Crippen molar-refractivity contribution in [3.8, 4) is 0 Å². The summed E-state index contributed by atoms with van der Waals surface area (Å²) >= 11 is 13.1. The van der Waals surface area contributed by atoms with Crippen LogP contribution >= 0.6 is 35.0 Å². The van der Waals surface area contributed by atoms with Gasteiger partial charge in [0.05, 0.1) is 4.87 Å². The summed E-state index contributed by atoms with van der Waals surface area (Å²) < 4.78 is 0. The molecular formula is C13H20Cl2N2O2S. The Morgan fingerprint density at radius 2 is 1.70 bits per heavy atom. The summed E-state index contributed by atoms with van der Waals surface area (Å²) in [5, 5.41) is 0. The fourth-order valence-electron chi connectivity index (χ4n) is 2.86. The average molecular weight is 339 g/mol. The first kappa shape index (κ1) is 16.2. The molecule has 0 radical (unpaired) electrons. The van der Waals surface area contributed by atoms with Crippen LogP contribution in [0.15, 0.2) is 0 Å². The van der Waals surface area contributed by atoms with Crippen molar-refractivity contribution >= 4 is 46.8 Å². The number of hydrogen-bond acceptors (Lipinski definition) is 3. The van der Waals surface area contributed by atoms with Crippen LogP contribution in [0.25, 0.3) is 0 Å². The second-order valence-corrected chi connectivity index (χ2v) is 8.12. The fraction of sp³-hybridized carbons (Fsp3) is 0.846. The van der Waals surface area contributed by atoms with Gasteiger partial charge in [-0.3, -0.25) is 9.59 Å². The lowest BCUT2D eigenvalue weighted by Gasteiger charge is -2.44. The molecule has 0 unspecified atom stereocenters. The van der Waals surface area contributed by atoms with Gasteiger partial charge in [0.15, 0.2) is 4.84 Å². The molecule has 2 aliphatic heterocycles.